The van der Waals surface area contributed by atoms with E-state index in [1.165, 1.54) is 0 Å². The Bertz CT molecular complexity index is 1630. The minimum atomic E-state index is -0.302. The van der Waals surface area contributed by atoms with E-state index < -0.39 is 0 Å². The summed E-state index contributed by atoms with van der Waals surface area (Å²) in [7, 11) is 0. The van der Waals surface area contributed by atoms with Gasteiger partial charge in [0.25, 0.3) is 0 Å². The summed E-state index contributed by atoms with van der Waals surface area (Å²) in [5.41, 5.74) is 6.16. The fraction of sp³-hybridized carbons (Fsp3) is 0.0833. The summed E-state index contributed by atoms with van der Waals surface area (Å²) in [6, 6.07) is 11.3. The van der Waals surface area contributed by atoms with Gasteiger partial charge in [0, 0.05) is 28.7 Å². The van der Waals surface area contributed by atoms with Crippen molar-refractivity contribution in [2.75, 3.05) is 0 Å². The lowest BCUT2D eigenvalue weighted by Gasteiger charge is -2.09. The van der Waals surface area contributed by atoms with Gasteiger partial charge in [-0.3, -0.25) is 9.97 Å². The van der Waals surface area contributed by atoms with Crippen LogP contribution in [0.3, 0.4) is 0 Å². The van der Waals surface area contributed by atoms with Crippen LogP contribution in [0.1, 0.15) is 11.6 Å². The lowest BCUT2D eigenvalue weighted by atomic mass is 9.98. The summed E-state index contributed by atoms with van der Waals surface area (Å²) in [6.45, 7) is 3.77. The Morgan fingerprint density at radius 1 is 0.742 bits per heavy atom. The predicted molar refractivity (Wildman–Crippen MR) is 119 cm³/mol. The lowest BCUT2D eigenvalue weighted by Crippen LogP contribution is -1.90. The van der Waals surface area contributed by atoms with Gasteiger partial charge < -0.3 is 9.97 Å². The van der Waals surface area contributed by atoms with Crippen molar-refractivity contribution in [1.29, 1.82) is 0 Å². The number of aromatic nitrogens is 6. The summed E-state index contributed by atoms with van der Waals surface area (Å²) < 4.78 is 14.9. The van der Waals surface area contributed by atoms with Crippen LogP contribution < -0.4 is 0 Å². The van der Waals surface area contributed by atoms with Gasteiger partial charge in [0.2, 0.25) is 0 Å². The molecular weight excluding hydrogens is 391 g/mol. The zero-order valence-electron chi connectivity index (χ0n) is 16.9. The third-order valence-corrected chi connectivity index (χ3v) is 5.58. The molecule has 31 heavy (non-hydrogen) atoms. The van der Waals surface area contributed by atoms with Crippen molar-refractivity contribution < 1.29 is 4.39 Å². The highest BCUT2D eigenvalue weighted by atomic mass is 19.1. The zero-order valence-corrected chi connectivity index (χ0v) is 16.9. The number of fused-ring (bicyclic) bond motifs is 6. The van der Waals surface area contributed by atoms with Gasteiger partial charge in [-0.2, -0.15) is 0 Å². The number of hydrogen-bond donors (Lipinski definition) is 2. The third-order valence-electron chi connectivity index (χ3n) is 5.58. The average Bonchev–Trinajstić information content (AvgIpc) is 3.39. The fourth-order valence-electron chi connectivity index (χ4n) is 4.17. The number of nitrogens with one attached hydrogen (secondary N) is 2. The Hall–Kier alpha value is -4.13. The smallest absolute Gasteiger partial charge is 0.133 e. The van der Waals surface area contributed by atoms with Gasteiger partial charge in [0.05, 0.1) is 28.4 Å². The van der Waals surface area contributed by atoms with Crippen molar-refractivity contribution in [3.63, 3.8) is 0 Å². The Morgan fingerprint density at radius 3 is 2.29 bits per heavy atom. The van der Waals surface area contributed by atoms with E-state index in [1.54, 1.807) is 30.7 Å². The number of nitrogens with zero attached hydrogens (tertiary/aromatic N) is 4. The quantitative estimate of drug-likeness (QED) is 0.372. The molecule has 0 amide bonds. The first-order valence-electron chi connectivity index (χ1n) is 9.93. The molecule has 6 rings (SSSR count). The van der Waals surface area contributed by atoms with Crippen LogP contribution in [-0.2, 0) is 0 Å². The third kappa shape index (κ3) is 2.70. The molecule has 0 aliphatic carbocycles. The maximum Gasteiger partial charge on any atom is 0.133 e. The number of benzene rings is 3. The molecule has 0 saturated heterocycles. The highest BCUT2D eigenvalue weighted by molar-refractivity contribution is 6.21. The first kappa shape index (κ1) is 17.7. The Balaban J connectivity index is 1.57. The molecule has 7 heteroatoms. The van der Waals surface area contributed by atoms with Crippen LogP contribution >= 0.6 is 0 Å². The molecule has 0 radical (unpaired) electrons. The molecule has 0 unspecified atom stereocenters. The minimum absolute atomic E-state index is 0.302. The van der Waals surface area contributed by atoms with Crippen LogP contribution in [0, 0.1) is 19.7 Å². The molecule has 6 aromatic rings. The topological polar surface area (TPSA) is 83.1 Å². The normalized spacial score (nSPS) is 11.7. The number of hydrogen-bond acceptors (Lipinski definition) is 4. The van der Waals surface area contributed by atoms with Crippen LogP contribution in [0.2, 0.25) is 0 Å². The summed E-state index contributed by atoms with van der Waals surface area (Å²) in [5, 5.41) is 1.93. The number of imidazole rings is 2. The van der Waals surface area contributed by atoms with Gasteiger partial charge in [-0.25, -0.2) is 14.4 Å². The molecule has 0 aliphatic rings. The predicted octanol–water partition coefficient (Wildman–Crippen LogP) is 5.47. The standard InChI is InChI=1S/C24H17FN6/c1-12-28-11-20(29-12)17-6-4-15(10-19(17)25)14-3-5-16-18(9-14)21-23(27-8-7-26-21)24-22(16)30-13(2)31-24/h3-11H,1-2H3,(H,28,29)(H,30,31). The SMILES string of the molecule is Cc1ncc(-c2ccc(-c3ccc4c(c3)c3nccnc3c3[nH]c(C)nc43)cc2F)[nH]1. The highest BCUT2D eigenvalue weighted by Gasteiger charge is 2.15. The number of rotatable bonds is 2. The van der Waals surface area contributed by atoms with E-state index in [0.29, 0.717) is 11.3 Å². The van der Waals surface area contributed by atoms with Gasteiger partial charge in [0.1, 0.15) is 23.0 Å². The second-order valence-electron chi connectivity index (χ2n) is 7.64. The largest absolute Gasteiger partial charge is 0.342 e. The maximum atomic E-state index is 14.9. The fourth-order valence-corrected chi connectivity index (χ4v) is 4.17. The van der Waals surface area contributed by atoms with Gasteiger partial charge in [-0.1, -0.05) is 18.2 Å². The summed E-state index contributed by atoms with van der Waals surface area (Å²) in [4.78, 5) is 24.3. The summed E-state index contributed by atoms with van der Waals surface area (Å²) >= 11 is 0. The summed E-state index contributed by atoms with van der Waals surface area (Å²) in [5.74, 6) is 1.27. The molecule has 3 heterocycles. The second-order valence-corrected chi connectivity index (χ2v) is 7.64. The average molecular weight is 408 g/mol. The first-order chi connectivity index (χ1) is 15.1. The molecular formula is C24H17FN6. The molecule has 0 saturated carbocycles. The van der Waals surface area contributed by atoms with E-state index in [9.17, 15) is 4.39 Å². The van der Waals surface area contributed by atoms with Crippen molar-refractivity contribution in [3.05, 3.63) is 72.5 Å². The van der Waals surface area contributed by atoms with Crippen molar-refractivity contribution in [2.45, 2.75) is 13.8 Å². The Morgan fingerprint density at radius 2 is 1.52 bits per heavy atom. The van der Waals surface area contributed by atoms with Crippen molar-refractivity contribution >= 4 is 32.8 Å². The van der Waals surface area contributed by atoms with Crippen LogP contribution in [-0.4, -0.2) is 29.9 Å². The summed E-state index contributed by atoms with van der Waals surface area (Å²) in [6.07, 6.45) is 5.01. The van der Waals surface area contributed by atoms with E-state index in [2.05, 4.69) is 29.9 Å². The molecule has 0 fully saturated rings. The number of aromatic amines is 2. The van der Waals surface area contributed by atoms with E-state index in [0.717, 1.165) is 55.6 Å². The van der Waals surface area contributed by atoms with Crippen LogP contribution in [0.15, 0.2) is 55.0 Å². The van der Waals surface area contributed by atoms with Crippen LogP contribution in [0.4, 0.5) is 4.39 Å². The van der Waals surface area contributed by atoms with E-state index >= 15 is 0 Å². The maximum absolute atomic E-state index is 14.9. The molecule has 0 aliphatic heterocycles. The Kier molecular flexibility index (Phi) is 3.67. The van der Waals surface area contributed by atoms with Gasteiger partial charge in [-0.15, -0.1) is 0 Å². The van der Waals surface area contributed by atoms with Gasteiger partial charge in [-0.05, 0) is 43.2 Å². The van der Waals surface area contributed by atoms with Crippen molar-refractivity contribution in [2.24, 2.45) is 0 Å². The van der Waals surface area contributed by atoms with Crippen molar-refractivity contribution in [1.82, 2.24) is 29.9 Å². The molecule has 6 nitrogen and oxygen atoms in total. The molecule has 0 atom stereocenters. The second kappa shape index (κ2) is 6.43. The molecule has 150 valence electrons. The van der Waals surface area contributed by atoms with E-state index in [-0.39, 0.29) is 5.82 Å². The molecule has 3 aromatic heterocycles. The lowest BCUT2D eigenvalue weighted by molar-refractivity contribution is 0.631. The monoisotopic (exact) mass is 408 g/mol. The Labute approximate surface area is 176 Å². The van der Waals surface area contributed by atoms with Crippen molar-refractivity contribution in [3.8, 4) is 22.4 Å². The number of halogens is 1. The van der Waals surface area contributed by atoms with Gasteiger partial charge >= 0.3 is 0 Å². The van der Waals surface area contributed by atoms with Crippen LogP contribution in [0.25, 0.3) is 55.2 Å². The van der Waals surface area contributed by atoms with E-state index in [4.69, 9.17) is 0 Å². The molecule has 0 spiro atoms. The molecule has 3 aromatic carbocycles. The first-order valence-corrected chi connectivity index (χ1v) is 9.93. The van der Waals surface area contributed by atoms with E-state index in [1.807, 2.05) is 38.1 Å². The number of H-pyrrole nitrogens is 2. The molecule has 0 bridgehead atoms. The van der Waals surface area contributed by atoms with Crippen LogP contribution in [0.5, 0.6) is 0 Å². The van der Waals surface area contributed by atoms with Gasteiger partial charge in [0.15, 0.2) is 0 Å². The molecule has 2 N–H and O–H groups in total. The number of aryl methyl sites for hydroxylation is 2. The zero-order chi connectivity index (χ0) is 21.1. The minimum Gasteiger partial charge on any atom is -0.342 e. The highest BCUT2D eigenvalue weighted by Crippen LogP contribution is 2.35.